The molecule has 0 aliphatic rings. The van der Waals surface area contributed by atoms with Crippen LogP contribution >= 0.6 is 31.9 Å². The Morgan fingerprint density at radius 1 is 1.21 bits per heavy atom. The van der Waals surface area contributed by atoms with E-state index in [1.807, 2.05) is 31.4 Å². The van der Waals surface area contributed by atoms with Crippen molar-refractivity contribution in [1.82, 2.24) is 9.78 Å². The van der Waals surface area contributed by atoms with Gasteiger partial charge in [-0.15, -0.1) is 0 Å². The predicted octanol–water partition coefficient (Wildman–Crippen LogP) is 3.83. The minimum absolute atomic E-state index is 0.169. The predicted molar refractivity (Wildman–Crippen MR) is 82.6 cm³/mol. The molecule has 0 spiro atoms. The zero-order valence-electron chi connectivity index (χ0n) is 10.6. The molecule has 0 aliphatic heterocycles. The Bertz CT molecular complexity index is 550. The third-order valence-corrected chi connectivity index (χ3v) is 5.39. The molecule has 1 aromatic heterocycles. The molecule has 0 atom stereocenters. The first-order valence-electron chi connectivity index (χ1n) is 5.97. The molecule has 19 heavy (non-hydrogen) atoms. The van der Waals surface area contributed by atoms with Gasteiger partial charge in [-0.05, 0) is 17.7 Å². The van der Waals surface area contributed by atoms with Gasteiger partial charge in [0.05, 0.1) is 5.69 Å². The van der Waals surface area contributed by atoms with Crippen LogP contribution in [0.3, 0.4) is 0 Å². The average Bonchev–Trinajstić information content (AvgIpc) is 2.82. The van der Waals surface area contributed by atoms with Gasteiger partial charge in [-0.3, -0.25) is 4.68 Å². The van der Waals surface area contributed by atoms with Crippen molar-refractivity contribution < 1.29 is 4.39 Å². The normalized spacial score (nSPS) is 11.8. The molecule has 0 unspecified atom stereocenters. The van der Waals surface area contributed by atoms with Crippen LogP contribution in [-0.4, -0.2) is 20.4 Å². The summed E-state index contributed by atoms with van der Waals surface area (Å²) in [4.78, 5) is 0. The SMILES string of the molecule is Cn1ccc(CC(CBr)(CBr)c2ccccc2F)n1. The fourth-order valence-electron chi connectivity index (χ4n) is 2.16. The first kappa shape index (κ1) is 14.7. The summed E-state index contributed by atoms with van der Waals surface area (Å²) < 4.78 is 15.9. The summed E-state index contributed by atoms with van der Waals surface area (Å²) in [5, 5.41) is 5.74. The number of rotatable bonds is 5. The molecule has 0 radical (unpaired) electrons. The van der Waals surface area contributed by atoms with Gasteiger partial charge in [0.1, 0.15) is 5.82 Å². The third-order valence-electron chi connectivity index (χ3n) is 3.25. The first-order chi connectivity index (χ1) is 9.11. The number of nitrogens with zero attached hydrogens (tertiary/aromatic N) is 2. The van der Waals surface area contributed by atoms with Crippen molar-refractivity contribution in [3.8, 4) is 0 Å². The van der Waals surface area contributed by atoms with Crippen molar-refractivity contribution in [3.63, 3.8) is 0 Å². The zero-order chi connectivity index (χ0) is 13.9. The van der Waals surface area contributed by atoms with Gasteiger partial charge < -0.3 is 0 Å². The maximum absolute atomic E-state index is 14.1. The minimum atomic E-state index is -0.334. The Morgan fingerprint density at radius 2 is 1.89 bits per heavy atom. The van der Waals surface area contributed by atoms with E-state index < -0.39 is 0 Å². The van der Waals surface area contributed by atoms with Gasteiger partial charge in [0, 0.05) is 35.7 Å². The molecule has 1 aromatic carbocycles. The molecule has 0 fully saturated rings. The van der Waals surface area contributed by atoms with Crippen LogP contribution in [0, 0.1) is 5.82 Å². The molecular formula is C14H15Br2FN2. The average molecular weight is 390 g/mol. The Hall–Kier alpha value is -0.680. The van der Waals surface area contributed by atoms with Crippen LogP contribution in [0.1, 0.15) is 11.3 Å². The van der Waals surface area contributed by atoms with E-state index in [-0.39, 0.29) is 11.2 Å². The molecule has 102 valence electrons. The summed E-state index contributed by atoms with van der Waals surface area (Å²) in [5.41, 5.74) is 1.35. The lowest BCUT2D eigenvalue weighted by Gasteiger charge is -2.30. The van der Waals surface area contributed by atoms with Crippen molar-refractivity contribution in [2.45, 2.75) is 11.8 Å². The van der Waals surface area contributed by atoms with Crippen LogP contribution in [0.2, 0.25) is 0 Å². The summed E-state index contributed by atoms with van der Waals surface area (Å²) in [6.07, 6.45) is 2.59. The molecule has 0 saturated carbocycles. The van der Waals surface area contributed by atoms with Crippen molar-refractivity contribution in [3.05, 3.63) is 53.6 Å². The van der Waals surface area contributed by atoms with Crippen molar-refractivity contribution in [2.24, 2.45) is 7.05 Å². The van der Waals surface area contributed by atoms with Crippen LogP contribution in [0.4, 0.5) is 4.39 Å². The second-order valence-electron chi connectivity index (χ2n) is 4.68. The molecule has 1 heterocycles. The summed E-state index contributed by atoms with van der Waals surface area (Å²) in [5.74, 6) is -0.169. The quantitative estimate of drug-likeness (QED) is 0.710. The Morgan fingerprint density at radius 3 is 2.42 bits per heavy atom. The highest BCUT2D eigenvalue weighted by Crippen LogP contribution is 2.34. The molecule has 5 heteroatoms. The fourth-order valence-corrected chi connectivity index (χ4v) is 4.09. The Labute approximate surface area is 129 Å². The number of halogens is 3. The van der Waals surface area contributed by atoms with Crippen molar-refractivity contribution in [1.29, 1.82) is 0 Å². The summed E-state index contributed by atoms with van der Waals surface area (Å²) >= 11 is 7.07. The lowest BCUT2D eigenvalue weighted by Crippen LogP contribution is -2.34. The van der Waals surface area contributed by atoms with Gasteiger partial charge in [0.2, 0.25) is 0 Å². The molecule has 2 aromatic rings. The van der Waals surface area contributed by atoms with Gasteiger partial charge in [-0.25, -0.2) is 4.39 Å². The van der Waals surface area contributed by atoms with Gasteiger partial charge in [0.25, 0.3) is 0 Å². The molecule has 0 N–H and O–H groups in total. The van der Waals surface area contributed by atoms with Gasteiger partial charge in [-0.2, -0.15) is 5.10 Å². The second kappa shape index (κ2) is 6.18. The molecular weight excluding hydrogens is 375 g/mol. The molecule has 0 bridgehead atoms. The van der Waals surface area contributed by atoms with E-state index in [1.54, 1.807) is 10.7 Å². The van der Waals surface area contributed by atoms with Crippen molar-refractivity contribution in [2.75, 3.05) is 10.7 Å². The molecule has 0 aliphatic carbocycles. The lowest BCUT2D eigenvalue weighted by atomic mass is 9.80. The summed E-state index contributed by atoms with van der Waals surface area (Å²) in [6.45, 7) is 0. The highest BCUT2D eigenvalue weighted by Gasteiger charge is 2.33. The minimum Gasteiger partial charge on any atom is -0.276 e. The van der Waals surface area contributed by atoms with E-state index in [9.17, 15) is 4.39 Å². The number of aryl methyl sites for hydroxylation is 1. The van der Waals surface area contributed by atoms with Crippen LogP contribution in [0.25, 0.3) is 0 Å². The van der Waals surface area contributed by atoms with Gasteiger partial charge in [-0.1, -0.05) is 50.1 Å². The Balaban J connectivity index is 2.40. The highest BCUT2D eigenvalue weighted by molar-refractivity contribution is 9.09. The zero-order valence-corrected chi connectivity index (χ0v) is 13.8. The number of hydrogen-bond acceptors (Lipinski definition) is 1. The summed E-state index contributed by atoms with van der Waals surface area (Å²) in [6, 6.07) is 8.92. The molecule has 2 nitrogen and oxygen atoms in total. The van der Waals surface area contributed by atoms with E-state index in [4.69, 9.17) is 0 Å². The van der Waals surface area contributed by atoms with E-state index in [0.717, 1.165) is 11.3 Å². The topological polar surface area (TPSA) is 17.8 Å². The number of hydrogen-bond donors (Lipinski definition) is 0. The smallest absolute Gasteiger partial charge is 0.127 e. The van der Waals surface area contributed by atoms with Gasteiger partial charge >= 0.3 is 0 Å². The third kappa shape index (κ3) is 3.08. The van der Waals surface area contributed by atoms with Crippen LogP contribution in [-0.2, 0) is 18.9 Å². The molecule has 0 saturated heterocycles. The standard InChI is InChI=1S/C14H15Br2FN2/c1-19-7-6-11(18-19)8-14(9-15,10-16)12-4-2-3-5-13(12)17/h2-7H,8-10H2,1H3. The van der Waals surface area contributed by atoms with E-state index in [2.05, 4.69) is 37.0 Å². The maximum atomic E-state index is 14.1. The highest BCUT2D eigenvalue weighted by atomic mass is 79.9. The fraction of sp³-hybridized carbons (Fsp3) is 0.357. The number of alkyl halides is 2. The van der Waals surface area contributed by atoms with Crippen LogP contribution in [0.5, 0.6) is 0 Å². The van der Waals surface area contributed by atoms with Crippen LogP contribution < -0.4 is 0 Å². The summed E-state index contributed by atoms with van der Waals surface area (Å²) in [7, 11) is 1.89. The monoisotopic (exact) mass is 388 g/mol. The Kier molecular flexibility index (Phi) is 4.79. The number of aromatic nitrogens is 2. The molecule has 0 amide bonds. The second-order valence-corrected chi connectivity index (χ2v) is 5.81. The maximum Gasteiger partial charge on any atom is 0.127 e. The lowest BCUT2D eigenvalue weighted by molar-refractivity contribution is 0.493. The van der Waals surface area contributed by atoms with Gasteiger partial charge in [0.15, 0.2) is 0 Å². The van der Waals surface area contributed by atoms with Crippen LogP contribution in [0.15, 0.2) is 36.5 Å². The number of benzene rings is 1. The van der Waals surface area contributed by atoms with Crippen molar-refractivity contribution >= 4 is 31.9 Å². The molecule has 2 rings (SSSR count). The van der Waals surface area contributed by atoms with E-state index in [1.165, 1.54) is 6.07 Å². The largest absolute Gasteiger partial charge is 0.276 e. The van der Waals surface area contributed by atoms with E-state index in [0.29, 0.717) is 17.1 Å². The van der Waals surface area contributed by atoms with E-state index >= 15 is 0 Å². The first-order valence-corrected chi connectivity index (χ1v) is 8.21.